The molecule has 0 radical (unpaired) electrons. The lowest BCUT2D eigenvalue weighted by Crippen LogP contribution is -1.92. The van der Waals surface area contributed by atoms with Crippen LogP contribution >= 0.6 is 15.9 Å². The van der Waals surface area contributed by atoms with Crippen LogP contribution in [0, 0.1) is 0 Å². The average Bonchev–Trinajstić information content (AvgIpc) is 2.58. The Morgan fingerprint density at radius 2 is 2.50 bits per heavy atom. The molecule has 2 aromatic rings. The second-order valence-electron chi connectivity index (χ2n) is 1.84. The van der Waals surface area contributed by atoms with Crippen molar-refractivity contribution < 1.29 is 6.85 Å². The zero-order chi connectivity index (χ0) is 12.7. The highest BCUT2D eigenvalue weighted by Gasteiger charge is 2.00. The summed E-state index contributed by atoms with van der Waals surface area (Å²) in [6.45, 7) is 0. The summed E-state index contributed by atoms with van der Waals surface area (Å²) < 4.78 is 38.8. The fraction of sp³-hybridized carbons (Fsp3) is 0. The summed E-state index contributed by atoms with van der Waals surface area (Å²) in [4.78, 5) is 3.52. The number of hydrogen-bond acceptors (Lipinski definition) is 3. The molecule has 2 aromatic heterocycles. The van der Waals surface area contributed by atoms with Crippen molar-refractivity contribution in [2.24, 2.45) is 0 Å². The lowest BCUT2D eigenvalue weighted by atomic mass is 10.4. The van der Waals surface area contributed by atoms with E-state index in [0.717, 1.165) is 4.57 Å². The summed E-state index contributed by atoms with van der Waals surface area (Å²) >= 11 is 3.03. The predicted octanol–water partition coefficient (Wildman–Crippen LogP) is 1.42. The first kappa shape index (κ1) is 3.66. The highest BCUT2D eigenvalue weighted by molar-refractivity contribution is 9.10. The SMILES string of the molecule is [2H]c1nc([2H])c(-n2c([2H])nnc2Br)c([2H])c1[2H]. The quantitative estimate of drug-likeness (QED) is 0.744. The molecule has 4 nitrogen and oxygen atoms in total. The Kier molecular flexibility index (Phi) is 0.920. The van der Waals surface area contributed by atoms with E-state index in [9.17, 15) is 0 Å². The van der Waals surface area contributed by atoms with Crippen LogP contribution in [0.4, 0.5) is 0 Å². The molecule has 0 spiro atoms. The Bertz CT molecular complexity index is 579. The van der Waals surface area contributed by atoms with Crippen molar-refractivity contribution in [2.75, 3.05) is 0 Å². The molecule has 2 rings (SSSR count). The van der Waals surface area contributed by atoms with Crippen LogP contribution in [0.3, 0.4) is 0 Å². The van der Waals surface area contributed by atoms with Crippen molar-refractivity contribution in [1.29, 1.82) is 0 Å². The van der Waals surface area contributed by atoms with Crippen LogP contribution in [0.15, 0.2) is 35.5 Å². The van der Waals surface area contributed by atoms with Gasteiger partial charge in [0.15, 0.2) is 0 Å². The largest absolute Gasteiger partial charge is 0.275 e. The second kappa shape index (κ2) is 3.02. The monoisotopic (exact) mass is 229 g/mol. The number of hydrogen-bond donors (Lipinski definition) is 0. The molecule has 0 unspecified atom stereocenters. The predicted molar refractivity (Wildman–Crippen MR) is 46.9 cm³/mol. The van der Waals surface area contributed by atoms with Crippen LogP contribution in [0.25, 0.3) is 5.69 Å². The molecule has 0 saturated carbocycles. The average molecular weight is 230 g/mol. The second-order valence-corrected chi connectivity index (χ2v) is 2.55. The van der Waals surface area contributed by atoms with Gasteiger partial charge < -0.3 is 0 Å². The maximum Gasteiger partial charge on any atom is 0.204 e. The Morgan fingerprint density at radius 3 is 3.25 bits per heavy atom. The van der Waals surface area contributed by atoms with Gasteiger partial charge in [0.25, 0.3) is 0 Å². The molecule has 0 N–H and O–H groups in total. The van der Waals surface area contributed by atoms with E-state index in [-0.39, 0.29) is 28.9 Å². The minimum Gasteiger partial charge on any atom is -0.275 e. The topological polar surface area (TPSA) is 43.6 Å². The van der Waals surface area contributed by atoms with E-state index in [1.54, 1.807) is 0 Å². The molecule has 0 aliphatic carbocycles. The fourth-order valence-electron chi connectivity index (χ4n) is 0.666. The number of aromatic nitrogens is 4. The first-order chi connectivity index (χ1) is 7.93. The Balaban J connectivity index is 2.81. The molecule has 60 valence electrons. The van der Waals surface area contributed by atoms with Gasteiger partial charge in [-0.25, -0.2) is 0 Å². The molecular formula is C7H5BrN4. The van der Waals surface area contributed by atoms with Crippen LogP contribution in [-0.4, -0.2) is 19.7 Å². The summed E-state index contributed by atoms with van der Waals surface area (Å²) in [5.74, 6) is 0. The van der Waals surface area contributed by atoms with Gasteiger partial charge in [0.2, 0.25) is 4.73 Å². The van der Waals surface area contributed by atoms with E-state index in [4.69, 9.17) is 6.85 Å². The first-order valence-corrected chi connectivity index (χ1v) is 3.75. The summed E-state index contributed by atoms with van der Waals surface area (Å²) in [5.41, 5.74) is -0.0899. The lowest BCUT2D eigenvalue weighted by molar-refractivity contribution is 1.000. The zero-order valence-corrected chi connectivity index (χ0v) is 7.25. The molecule has 5 heteroatoms. The molecule has 0 bridgehead atoms. The summed E-state index contributed by atoms with van der Waals surface area (Å²) in [5, 5.41) is 7.02. The van der Waals surface area contributed by atoms with Crippen LogP contribution in [-0.2, 0) is 0 Å². The van der Waals surface area contributed by atoms with E-state index in [1.165, 1.54) is 0 Å². The maximum absolute atomic E-state index is 7.70. The van der Waals surface area contributed by atoms with Gasteiger partial charge in [-0.15, -0.1) is 10.2 Å². The van der Waals surface area contributed by atoms with Crippen LogP contribution in [0.2, 0.25) is 0 Å². The van der Waals surface area contributed by atoms with Gasteiger partial charge >= 0.3 is 0 Å². The highest BCUT2D eigenvalue weighted by Crippen LogP contribution is 2.11. The lowest BCUT2D eigenvalue weighted by Gasteiger charge is -1.99. The summed E-state index contributed by atoms with van der Waals surface area (Å²) in [6.07, 6.45) is -1.10. The molecule has 0 saturated heterocycles. The van der Waals surface area contributed by atoms with E-state index in [1.807, 2.05) is 0 Å². The molecule has 12 heavy (non-hydrogen) atoms. The molecule has 0 fully saturated rings. The van der Waals surface area contributed by atoms with Gasteiger partial charge in [0.05, 0.1) is 17.3 Å². The zero-order valence-electron chi connectivity index (χ0n) is 10.7. The fourth-order valence-corrected chi connectivity index (χ4v) is 1.00. The van der Waals surface area contributed by atoms with Crippen molar-refractivity contribution in [3.63, 3.8) is 0 Å². The Hall–Kier alpha value is -1.23. The van der Waals surface area contributed by atoms with Crippen LogP contribution in [0.1, 0.15) is 6.85 Å². The molecule has 2 heterocycles. The van der Waals surface area contributed by atoms with E-state index < -0.39 is 12.2 Å². The molecule has 0 amide bonds. The number of pyridine rings is 1. The maximum atomic E-state index is 7.70. The van der Waals surface area contributed by atoms with E-state index in [0.29, 0.717) is 0 Å². The molecule has 0 aliphatic rings. The van der Waals surface area contributed by atoms with Gasteiger partial charge in [-0.2, -0.15) is 0 Å². The summed E-state index contributed by atoms with van der Waals surface area (Å²) in [6, 6.07) is -0.764. The first-order valence-electron chi connectivity index (χ1n) is 5.45. The smallest absolute Gasteiger partial charge is 0.204 e. The van der Waals surface area contributed by atoms with Crippen LogP contribution < -0.4 is 0 Å². The number of halogens is 1. The number of nitrogens with zero attached hydrogens (tertiary/aromatic N) is 4. The third kappa shape index (κ3) is 1.23. The molecule has 0 atom stereocenters. The summed E-state index contributed by atoms with van der Waals surface area (Å²) in [7, 11) is 0. The van der Waals surface area contributed by atoms with Crippen molar-refractivity contribution >= 4 is 15.9 Å². The standard InChI is InChI=1S/C7H5BrN4/c8-7-11-10-5-12(7)6-2-1-3-9-4-6/h1-5H/i1D,2D,3D,4D,5D. The van der Waals surface area contributed by atoms with Crippen molar-refractivity contribution in [2.45, 2.75) is 0 Å². The van der Waals surface area contributed by atoms with Gasteiger partial charge in [0, 0.05) is 6.17 Å². The van der Waals surface area contributed by atoms with Crippen LogP contribution in [0.5, 0.6) is 0 Å². The van der Waals surface area contributed by atoms with E-state index in [2.05, 4.69) is 31.1 Å². The third-order valence-electron chi connectivity index (χ3n) is 1.14. The molecular weight excluding hydrogens is 220 g/mol. The van der Waals surface area contributed by atoms with Crippen molar-refractivity contribution in [1.82, 2.24) is 19.7 Å². The van der Waals surface area contributed by atoms with Crippen molar-refractivity contribution in [3.8, 4) is 5.69 Å². The number of rotatable bonds is 1. The van der Waals surface area contributed by atoms with Crippen molar-refractivity contribution in [3.05, 3.63) is 35.5 Å². The molecule has 0 aromatic carbocycles. The van der Waals surface area contributed by atoms with E-state index >= 15 is 0 Å². The third-order valence-corrected chi connectivity index (χ3v) is 1.65. The van der Waals surface area contributed by atoms with Gasteiger partial charge in [-0.05, 0) is 28.0 Å². The Labute approximate surface area is 84.4 Å². The van der Waals surface area contributed by atoms with Gasteiger partial charge in [-0.1, -0.05) is 0 Å². The Morgan fingerprint density at radius 1 is 1.58 bits per heavy atom. The highest BCUT2D eigenvalue weighted by atomic mass is 79.9. The van der Waals surface area contributed by atoms with Gasteiger partial charge in [-0.3, -0.25) is 9.55 Å². The minimum absolute atomic E-state index is 0.0899. The minimum atomic E-state index is -0.445. The normalized spacial score (nSPS) is 15.9. The van der Waals surface area contributed by atoms with Gasteiger partial charge in [0.1, 0.15) is 7.67 Å². The molecule has 0 aliphatic heterocycles.